The number of hydrogen-bond donors (Lipinski definition) is 15. The molecule has 0 aliphatic rings. The molecule has 116 heavy (non-hydrogen) atoms. The van der Waals surface area contributed by atoms with Crippen LogP contribution in [0.1, 0.15) is 11.6 Å². The van der Waals surface area contributed by atoms with Crippen LogP contribution in [0.5, 0.6) is 5.88 Å². The zero-order valence-electron chi connectivity index (χ0n) is 61.6. The summed E-state index contributed by atoms with van der Waals surface area (Å²) >= 11 is 1.29. The van der Waals surface area contributed by atoms with Gasteiger partial charge in [0, 0.05) is 81.2 Å². The highest BCUT2D eigenvalue weighted by Crippen LogP contribution is 2.30. The van der Waals surface area contributed by atoms with Crippen molar-refractivity contribution in [3.8, 4) is 28.5 Å². The molecule has 0 saturated carbocycles. The van der Waals surface area contributed by atoms with Crippen LogP contribution in [-0.4, -0.2) is 193 Å². The highest BCUT2D eigenvalue weighted by atomic mass is 32.2. The number of anilines is 15. The Morgan fingerprint density at radius 1 is 0.466 bits per heavy atom. The Labute approximate surface area is 664 Å². The molecule has 0 spiro atoms. The Bertz CT molecular complexity index is 6220. The number of aliphatic hydroxyl groups is 1. The molecule has 0 aliphatic heterocycles. The van der Waals surface area contributed by atoms with Gasteiger partial charge in [-0.15, -0.1) is 20.4 Å². The van der Waals surface area contributed by atoms with Crippen molar-refractivity contribution in [1.29, 1.82) is 0 Å². The molecule has 23 N–H and O–H groups in total. The molecule has 0 bridgehead atoms. The molecule has 604 valence electrons. The number of sulfonamides is 4. The van der Waals surface area contributed by atoms with Crippen molar-refractivity contribution < 1.29 is 43.5 Å². The van der Waals surface area contributed by atoms with Crippen LogP contribution in [-0.2, 0) is 40.1 Å². The number of pyridine rings is 1. The summed E-state index contributed by atoms with van der Waals surface area (Å²) in [4.78, 5) is 55.0. The van der Waals surface area contributed by atoms with Crippen LogP contribution in [0.2, 0.25) is 0 Å². The number of nitrogens with one attached hydrogen (secondary N) is 6. The minimum absolute atomic E-state index is 0.00783. The van der Waals surface area contributed by atoms with Gasteiger partial charge in [-0.1, -0.05) is 41.7 Å². The van der Waals surface area contributed by atoms with Crippen LogP contribution in [0, 0.1) is 0 Å². The first-order chi connectivity index (χ1) is 55.2. The Balaban J connectivity index is 0.000000153. The van der Waals surface area contributed by atoms with Gasteiger partial charge in [0.2, 0.25) is 98.7 Å². The van der Waals surface area contributed by atoms with E-state index in [-0.39, 0.29) is 79.8 Å². The summed E-state index contributed by atoms with van der Waals surface area (Å²) < 4.78 is 101. The molecule has 0 radical (unpaired) electrons. The predicted molar refractivity (Wildman–Crippen MR) is 433 cm³/mol. The van der Waals surface area contributed by atoms with Gasteiger partial charge in [-0.25, -0.2) is 94.1 Å². The van der Waals surface area contributed by atoms with Crippen LogP contribution < -0.4 is 89.9 Å². The van der Waals surface area contributed by atoms with Crippen LogP contribution in [0.3, 0.4) is 0 Å². The summed E-state index contributed by atoms with van der Waals surface area (Å²) in [6, 6.07) is 41.1. The standard InChI is InChI=1S/C20H21N9O3S.C16H22N10O2S.C15H14N8O3S2.C14H17N9O2S/c21-19-27-20(25-14-6-8-15(9-7-14)33(22,31)32)28-29(19)18-10-17(23-12-24-18)26-16(11-30)13-4-2-1-3-5-13;1-19-7-8-25(2)13-9-14(21-10-20-13)26-15(17)23-16(24-26)22-11-3-5-12(6-4-11)29(18,27)28;1-26-11-7-6-10-12(20-11)27-15(19-10)23-13(16)21-14(22-23)18-8-2-4-9(5-3-8)28(17,24)25;1-22(2)11-7-12(18-8-17-11)23-13(15)20-14(21-23)19-9-3-5-10(6-4-9)26(16,24)25/h1-10,12,16,30H,11H2,(H2,22,31,32)(H,23,24,26)(H3,21,25,27,28);3-6,9-10,19H,7-8H2,1-2H3,(H2,18,27,28)(H3,17,22,23,24);2-7H,1H3,(H2,17,24,25)(H3,16,18,21,22);3-8H,1-2H3,(H2,16,24,25)(H3,15,19,20,21)/t16-;;;/m1.../s1. The number of rotatable bonds is 26. The lowest BCUT2D eigenvalue weighted by Crippen LogP contribution is -2.27. The maximum atomic E-state index is 11.4. The summed E-state index contributed by atoms with van der Waals surface area (Å²) in [6.07, 6.45) is 4.18. The molecule has 0 saturated heterocycles. The molecule has 0 aliphatic carbocycles. The lowest BCUT2D eigenvalue weighted by Gasteiger charge is -2.17. The molecule has 9 heterocycles. The van der Waals surface area contributed by atoms with Crippen LogP contribution in [0.15, 0.2) is 196 Å². The maximum Gasteiger partial charge on any atom is 0.248 e. The number of thiazole rings is 1. The fraction of sp³-hybridized carbons (Fsp3) is 0.138. The monoisotopic (exact) mass is 1680 g/mol. The smallest absolute Gasteiger partial charge is 0.248 e. The molecular formula is C65H74N36O10S5. The van der Waals surface area contributed by atoms with Crippen molar-refractivity contribution in [3.63, 3.8) is 0 Å². The molecule has 0 unspecified atom stereocenters. The zero-order valence-corrected chi connectivity index (χ0v) is 65.6. The van der Waals surface area contributed by atoms with Crippen LogP contribution in [0.4, 0.5) is 87.8 Å². The van der Waals surface area contributed by atoms with E-state index in [0.29, 0.717) is 79.0 Å². The topological polar surface area (TPSA) is 679 Å². The van der Waals surface area contributed by atoms with Gasteiger partial charge in [-0.05, 0) is 116 Å². The number of nitrogens with two attached hydrogens (primary N) is 8. The second kappa shape index (κ2) is 35.8. The van der Waals surface area contributed by atoms with Crippen molar-refractivity contribution >= 4 is 150 Å². The Morgan fingerprint density at radius 2 is 0.845 bits per heavy atom. The third-order valence-corrected chi connectivity index (χ3v) is 20.4. The van der Waals surface area contributed by atoms with Crippen molar-refractivity contribution in [3.05, 3.63) is 182 Å². The number of nitrogens with zero attached hydrogens (tertiary/aromatic N) is 22. The minimum Gasteiger partial charge on any atom is -0.481 e. The summed E-state index contributed by atoms with van der Waals surface area (Å²) in [5, 5.41) is 65.8. The fourth-order valence-electron chi connectivity index (χ4n) is 9.97. The number of primary sulfonamides is 4. The number of benzene rings is 5. The molecule has 51 heteroatoms. The fourth-order valence-corrected chi connectivity index (χ4v) is 12.9. The Kier molecular flexibility index (Phi) is 25.7. The highest BCUT2D eigenvalue weighted by Gasteiger charge is 2.21. The lowest BCUT2D eigenvalue weighted by atomic mass is 10.1. The van der Waals surface area contributed by atoms with E-state index >= 15 is 0 Å². The van der Waals surface area contributed by atoms with E-state index in [1.165, 1.54) is 110 Å². The highest BCUT2D eigenvalue weighted by molar-refractivity contribution is 7.90. The number of likely N-dealkylation sites (N-methyl/N-ethyl adjacent to an activating group) is 2. The quantitative estimate of drug-likeness (QED) is 0.0369. The van der Waals surface area contributed by atoms with E-state index in [0.717, 1.165) is 18.7 Å². The first-order valence-electron chi connectivity index (χ1n) is 33.4. The maximum absolute atomic E-state index is 11.4. The summed E-state index contributed by atoms with van der Waals surface area (Å²) in [6.45, 7) is 1.44. The van der Waals surface area contributed by atoms with Gasteiger partial charge >= 0.3 is 0 Å². The SMILES string of the molecule is CN(C)c1cc(-n2nc(Nc3ccc(S(N)(=O)=O)cc3)nc2N)ncn1.CNCCN(C)c1cc(-n2nc(Nc3ccc(S(N)(=O)=O)cc3)nc2N)ncn1.COc1ccc2nc(-n3nc(Nc4ccc(S(N)(=O)=O)cc4)nc3N)sc2n1.Nc1nc(Nc2ccc(S(N)(=O)=O)cc2)nn1-c1cc(N[C@H](CO)c2ccccc2)ncn1. The predicted octanol–water partition coefficient (Wildman–Crippen LogP) is 2.21. The number of methoxy groups -OCH3 is 1. The Morgan fingerprint density at radius 3 is 1.23 bits per heavy atom. The van der Waals surface area contributed by atoms with Crippen LogP contribution >= 0.6 is 11.3 Å². The summed E-state index contributed by atoms with van der Waals surface area (Å²) in [7, 11) is -5.98. The molecule has 0 fully saturated rings. The van der Waals surface area contributed by atoms with Crippen molar-refractivity contribution in [2.45, 2.75) is 25.6 Å². The molecule has 0 amide bonds. The number of hydrogen-bond acceptors (Lipinski definition) is 39. The second-order valence-electron chi connectivity index (χ2n) is 24.2. The van der Waals surface area contributed by atoms with Crippen molar-refractivity contribution in [2.75, 3.05) is 114 Å². The molecular weight excluding hydrogens is 1610 g/mol. The van der Waals surface area contributed by atoms with E-state index in [2.05, 4.69) is 112 Å². The second-order valence-corrected chi connectivity index (χ2v) is 31.4. The average Bonchev–Trinajstić information content (AvgIpc) is 1.65. The molecule has 5 aromatic carbocycles. The van der Waals surface area contributed by atoms with Gasteiger partial charge in [0.05, 0.1) is 39.3 Å². The van der Waals surface area contributed by atoms with E-state index in [4.69, 9.17) is 48.2 Å². The number of fused-ring (bicyclic) bond motifs is 1. The van der Waals surface area contributed by atoms with Gasteiger partial charge < -0.3 is 74.5 Å². The van der Waals surface area contributed by atoms with E-state index in [1.54, 1.807) is 73.8 Å². The number of nitrogen functional groups attached to an aromatic ring is 4. The van der Waals surface area contributed by atoms with E-state index in [9.17, 15) is 38.8 Å². The number of aliphatic hydroxyl groups excluding tert-OH is 1. The summed E-state index contributed by atoms with van der Waals surface area (Å²) in [5.41, 5.74) is 27.7. The van der Waals surface area contributed by atoms with Crippen molar-refractivity contribution in [1.82, 2.24) is 104 Å². The van der Waals surface area contributed by atoms with Gasteiger partial charge in [0.15, 0.2) is 17.5 Å². The minimum atomic E-state index is -3.78. The lowest BCUT2D eigenvalue weighted by molar-refractivity contribution is 0.276. The average molecular weight is 1680 g/mol. The van der Waals surface area contributed by atoms with Crippen molar-refractivity contribution in [2.24, 2.45) is 20.6 Å². The van der Waals surface area contributed by atoms with Gasteiger partial charge in [-0.3, -0.25) is 0 Å². The molecule has 9 aromatic heterocycles. The van der Waals surface area contributed by atoms with Gasteiger partial charge in [0.25, 0.3) is 0 Å². The first-order valence-corrected chi connectivity index (χ1v) is 40.4. The first kappa shape index (κ1) is 83.0. The van der Waals surface area contributed by atoms with Crippen LogP contribution in [0.25, 0.3) is 32.9 Å². The largest absolute Gasteiger partial charge is 0.481 e. The Hall–Kier alpha value is -13.9. The normalized spacial score (nSPS) is 11.7. The van der Waals surface area contributed by atoms with E-state index < -0.39 is 40.1 Å². The molecule has 14 aromatic rings. The van der Waals surface area contributed by atoms with Gasteiger partial charge in [0.1, 0.15) is 46.8 Å². The summed E-state index contributed by atoms with van der Waals surface area (Å²) in [5.74, 6) is 5.00. The van der Waals surface area contributed by atoms with E-state index in [1.807, 2.05) is 68.3 Å². The molecule has 46 nitrogen and oxygen atoms in total. The zero-order chi connectivity index (χ0) is 83.2. The molecule has 14 rings (SSSR count). The van der Waals surface area contributed by atoms with Gasteiger partial charge in [-0.2, -0.15) is 38.7 Å². The number of aromatic nitrogens is 20. The third kappa shape index (κ3) is 21.6. The number of ether oxygens (including phenoxy) is 1. The molecule has 1 atom stereocenters. The third-order valence-electron chi connectivity index (χ3n) is 15.7.